The van der Waals surface area contributed by atoms with E-state index in [2.05, 4.69) is 23.5 Å². The predicted molar refractivity (Wildman–Crippen MR) is 114 cm³/mol. The van der Waals surface area contributed by atoms with Crippen LogP contribution in [0.25, 0.3) is 10.6 Å². The Kier molecular flexibility index (Phi) is 8.45. The predicted octanol–water partition coefficient (Wildman–Crippen LogP) is 6.22. The molecule has 1 aliphatic rings. The molecule has 1 aliphatic heterocycles. The Labute approximate surface area is 184 Å². The average Bonchev–Trinajstić information content (AvgIpc) is 3.32. The molecule has 5 nitrogen and oxygen atoms in total. The first-order chi connectivity index (χ1) is 14.5. The van der Waals surface area contributed by atoms with E-state index in [0.29, 0.717) is 21.6 Å². The number of carbonyl (C=O) groups excluding carboxylic acids is 2. The fraction of sp³-hybridized carbons (Fsp3) is 0.591. The van der Waals surface area contributed by atoms with E-state index in [1.54, 1.807) is 12.1 Å². The maximum Gasteiger partial charge on any atom is 0.452 e. The summed E-state index contributed by atoms with van der Waals surface area (Å²) in [6, 6.07) is 3.30. The standard InChI is InChI=1S/C19H23F3N2O2S.C3H6O/c1-4-11(2)13-6-5-9-24(10-13)18(25)15-8-7-14(27-15)16-12(3)17(26-23-16)19(20,21)22;1-3(2)4/h7-8,11,13H,4-6,9-10H2,1-3H3;1-2H3. The Morgan fingerprint density at radius 3 is 2.52 bits per heavy atom. The molecule has 2 aromatic rings. The average molecular weight is 459 g/mol. The van der Waals surface area contributed by atoms with Gasteiger partial charge in [0.15, 0.2) is 0 Å². The molecule has 0 bridgehead atoms. The van der Waals surface area contributed by atoms with Gasteiger partial charge in [0.1, 0.15) is 11.5 Å². The van der Waals surface area contributed by atoms with Gasteiger partial charge < -0.3 is 14.2 Å². The van der Waals surface area contributed by atoms with E-state index in [9.17, 15) is 22.8 Å². The summed E-state index contributed by atoms with van der Waals surface area (Å²) in [5, 5.41) is 3.57. The van der Waals surface area contributed by atoms with Crippen LogP contribution in [-0.4, -0.2) is 34.8 Å². The number of amides is 1. The van der Waals surface area contributed by atoms with Crippen molar-refractivity contribution in [1.29, 1.82) is 0 Å². The van der Waals surface area contributed by atoms with E-state index in [1.807, 2.05) is 4.90 Å². The highest BCUT2D eigenvalue weighted by atomic mass is 32.1. The number of aromatic nitrogens is 1. The van der Waals surface area contributed by atoms with Crippen LogP contribution in [0, 0.1) is 18.8 Å². The van der Waals surface area contributed by atoms with Crippen molar-refractivity contribution in [3.63, 3.8) is 0 Å². The van der Waals surface area contributed by atoms with Crippen LogP contribution in [0.5, 0.6) is 0 Å². The van der Waals surface area contributed by atoms with Crippen LogP contribution in [-0.2, 0) is 11.0 Å². The zero-order chi connectivity index (χ0) is 23.3. The number of Topliss-reactive ketones (excluding diaryl/α,β-unsaturated/α-hetero) is 1. The lowest BCUT2D eigenvalue weighted by atomic mass is 9.85. The Bertz CT molecular complexity index is 900. The number of alkyl halides is 3. The molecule has 0 aliphatic carbocycles. The molecule has 31 heavy (non-hydrogen) atoms. The van der Waals surface area contributed by atoms with E-state index >= 15 is 0 Å². The van der Waals surface area contributed by atoms with Crippen molar-refractivity contribution in [3.8, 4) is 10.6 Å². The molecular weight excluding hydrogens is 429 g/mol. The van der Waals surface area contributed by atoms with Crippen molar-refractivity contribution < 1.29 is 27.3 Å². The lowest BCUT2D eigenvalue weighted by Gasteiger charge is -2.35. The van der Waals surface area contributed by atoms with Crippen LogP contribution >= 0.6 is 11.3 Å². The topological polar surface area (TPSA) is 63.4 Å². The molecule has 0 N–H and O–H groups in total. The first kappa shape index (κ1) is 25.1. The first-order valence-corrected chi connectivity index (χ1v) is 11.2. The Morgan fingerprint density at radius 2 is 1.97 bits per heavy atom. The van der Waals surface area contributed by atoms with Crippen LogP contribution in [0.2, 0.25) is 0 Å². The summed E-state index contributed by atoms with van der Waals surface area (Å²) in [5.74, 6) is 0.0833. The third-order valence-electron chi connectivity index (χ3n) is 5.43. The third kappa shape index (κ3) is 6.41. The number of rotatable bonds is 4. The number of ketones is 1. The van der Waals surface area contributed by atoms with Gasteiger partial charge in [0.25, 0.3) is 5.91 Å². The van der Waals surface area contributed by atoms with Crippen molar-refractivity contribution in [3.05, 3.63) is 28.3 Å². The van der Waals surface area contributed by atoms with Crippen molar-refractivity contribution in [1.82, 2.24) is 10.1 Å². The van der Waals surface area contributed by atoms with Crippen molar-refractivity contribution >= 4 is 23.0 Å². The second-order valence-corrected chi connectivity index (χ2v) is 9.18. The first-order valence-electron chi connectivity index (χ1n) is 10.4. The van der Waals surface area contributed by atoms with Gasteiger partial charge in [0, 0.05) is 18.7 Å². The number of hydrogen-bond acceptors (Lipinski definition) is 5. The van der Waals surface area contributed by atoms with Gasteiger partial charge in [0.2, 0.25) is 5.76 Å². The molecule has 2 aromatic heterocycles. The van der Waals surface area contributed by atoms with E-state index < -0.39 is 11.9 Å². The van der Waals surface area contributed by atoms with Crippen LogP contribution in [0.1, 0.15) is 68.0 Å². The van der Waals surface area contributed by atoms with Crippen LogP contribution < -0.4 is 0 Å². The number of halogens is 3. The fourth-order valence-electron chi connectivity index (χ4n) is 3.56. The smallest absolute Gasteiger partial charge is 0.351 e. The highest BCUT2D eigenvalue weighted by molar-refractivity contribution is 7.17. The summed E-state index contributed by atoms with van der Waals surface area (Å²) in [6.07, 6.45) is -1.38. The molecule has 1 amide bonds. The number of piperidine rings is 1. The molecule has 172 valence electrons. The quantitative estimate of drug-likeness (QED) is 0.545. The van der Waals surface area contributed by atoms with Crippen molar-refractivity contribution in [2.45, 2.75) is 60.1 Å². The lowest BCUT2D eigenvalue weighted by molar-refractivity contribution is -0.156. The van der Waals surface area contributed by atoms with Gasteiger partial charge in [-0.05, 0) is 57.6 Å². The summed E-state index contributed by atoms with van der Waals surface area (Å²) in [7, 11) is 0. The summed E-state index contributed by atoms with van der Waals surface area (Å²) < 4.78 is 43.2. The second kappa shape index (κ2) is 10.4. The largest absolute Gasteiger partial charge is 0.452 e. The minimum Gasteiger partial charge on any atom is -0.351 e. The summed E-state index contributed by atoms with van der Waals surface area (Å²) in [5.41, 5.74) is 0.0839. The Hall–Kier alpha value is -2.16. The van der Waals surface area contributed by atoms with Gasteiger partial charge in [-0.3, -0.25) is 4.79 Å². The van der Waals surface area contributed by atoms with Gasteiger partial charge in [-0.25, -0.2) is 0 Å². The SMILES string of the molecule is CC(C)=O.CCC(C)C1CCCN(C(=O)c2ccc(-c3noc(C(F)(F)F)c3C)s2)C1. The summed E-state index contributed by atoms with van der Waals surface area (Å²) >= 11 is 1.16. The van der Waals surface area contributed by atoms with Crippen LogP contribution in [0.3, 0.4) is 0 Å². The summed E-state index contributed by atoms with van der Waals surface area (Å²) in [6.45, 7) is 10.2. The molecule has 3 rings (SSSR count). The van der Waals surface area contributed by atoms with E-state index in [4.69, 9.17) is 0 Å². The highest BCUT2D eigenvalue weighted by Gasteiger charge is 2.39. The molecule has 0 aromatic carbocycles. The van der Waals surface area contributed by atoms with E-state index in [0.717, 1.165) is 43.7 Å². The maximum absolute atomic E-state index is 12.9. The molecular formula is C22H29F3N2O3S. The van der Waals surface area contributed by atoms with Gasteiger partial charge in [-0.15, -0.1) is 11.3 Å². The molecule has 2 atom stereocenters. The number of nitrogens with zero attached hydrogens (tertiary/aromatic N) is 2. The van der Waals surface area contributed by atoms with Crippen molar-refractivity contribution in [2.75, 3.05) is 13.1 Å². The monoisotopic (exact) mass is 458 g/mol. The lowest BCUT2D eigenvalue weighted by Crippen LogP contribution is -2.41. The Morgan fingerprint density at radius 1 is 1.32 bits per heavy atom. The minimum atomic E-state index is -4.58. The molecule has 3 heterocycles. The Balaban J connectivity index is 0.000000785. The van der Waals surface area contributed by atoms with Crippen molar-refractivity contribution in [2.24, 2.45) is 11.8 Å². The van der Waals surface area contributed by atoms with Gasteiger partial charge in [-0.1, -0.05) is 25.4 Å². The molecule has 1 fully saturated rings. The van der Waals surface area contributed by atoms with Gasteiger partial charge >= 0.3 is 6.18 Å². The zero-order valence-electron chi connectivity index (χ0n) is 18.5. The molecule has 9 heteroatoms. The number of carbonyl (C=O) groups is 2. The van der Waals surface area contributed by atoms with Crippen LogP contribution in [0.15, 0.2) is 16.7 Å². The number of likely N-dealkylation sites (tertiary alicyclic amines) is 1. The van der Waals surface area contributed by atoms with Gasteiger partial charge in [0.05, 0.1) is 9.75 Å². The third-order valence-corrected chi connectivity index (χ3v) is 6.51. The highest BCUT2D eigenvalue weighted by Crippen LogP contribution is 2.38. The zero-order valence-corrected chi connectivity index (χ0v) is 19.3. The molecule has 0 saturated carbocycles. The van der Waals surface area contributed by atoms with E-state index in [-0.39, 0.29) is 22.9 Å². The molecule has 2 unspecified atom stereocenters. The molecule has 0 radical (unpaired) electrons. The van der Waals surface area contributed by atoms with Crippen LogP contribution in [0.4, 0.5) is 13.2 Å². The second-order valence-electron chi connectivity index (χ2n) is 8.09. The molecule has 0 spiro atoms. The molecule has 1 saturated heterocycles. The fourth-order valence-corrected chi connectivity index (χ4v) is 4.57. The normalized spacial score (nSPS) is 17.7. The number of thiophene rings is 1. The maximum atomic E-state index is 12.9. The summed E-state index contributed by atoms with van der Waals surface area (Å²) in [4.78, 5) is 25.2. The minimum absolute atomic E-state index is 0.0573. The van der Waals surface area contributed by atoms with Gasteiger partial charge in [-0.2, -0.15) is 13.2 Å². The van der Waals surface area contributed by atoms with E-state index in [1.165, 1.54) is 20.8 Å². The number of hydrogen-bond donors (Lipinski definition) is 0.